The zero-order valence-electron chi connectivity index (χ0n) is 10.8. The van der Waals surface area contributed by atoms with Gasteiger partial charge >= 0.3 is 6.18 Å². The molecule has 1 aromatic rings. The van der Waals surface area contributed by atoms with Gasteiger partial charge in [0.1, 0.15) is 0 Å². The van der Waals surface area contributed by atoms with E-state index in [0.29, 0.717) is 5.56 Å². The summed E-state index contributed by atoms with van der Waals surface area (Å²) in [6.45, 7) is 1.57. The number of aliphatic hydroxyl groups is 1. The van der Waals surface area contributed by atoms with Gasteiger partial charge in [-0.15, -0.1) is 0 Å². The van der Waals surface area contributed by atoms with Crippen molar-refractivity contribution in [2.75, 3.05) is 26.7 Å². The summed E-state index contributed by atoms with van der Waals surface area (Å²) in [5.74, 6) is 0.00531. The molecule has 0 saturated carbocycles. The molecule has 1 N–H and O–H groups in total. The molecule has 0 bridgehead atoms. The second kappa shape index (κ2) is 5.51. The Morgan fingerprint density at radius 2 is 2.11 bits per heavy atom. The van der Waals surface area contributed by atoms with E-state index in [-0.39, 0.29) is 18.4 Å². The minimum atomic E-state index is -4.31. The van der Waals surface area contributed by atoms with Crippen LogP contribution in [-0.4, -0.2) is 36.8 Å². The van der Waals surface area contributed by atoms with Crippen LogP contribution in [0.25, 0.3) is 0 Å². The molecule has 2 atom stereocenters. The lowest BCUT2D eigenvalue weighted by Gasteiger charge is -2.36. The van der Waals surface area contributed by atoms with Gasteiger partial charge in [-0.1, -0.05) is 18.2 Å². The Morgan fingerprint density at radius 1 is 1.37 bits per heavy atom. The van der Waals surface area contributed by atoms with E-state index in [4.69, 9.17) is 0 Å². The van der Waals surface area contributed by atoms with Crippen LogP contribution in [0.1, 0.15) is 23.5 Å². The average molecular weight is 273 g/mol. The third-order valence-electron chi connectivity index (χ3n) is 3.81. The second-order valence-electron chi connectivity index (χ2n) is 5.22. The van der Waals surface area contributed by atoms with E-state index in [1.165, 1.54) is 12.1 Å². The van der Waals surface area contributed by atoms with Gasteiger partial charge in [-0.2, -0.15) is 13.2 Å². The van der Waals surface area contributed by atoms with Gasteiger partial charge in [0.25, 0.3) is 0 Å². The molecule has 2 unspecified atom stereocenters. The van der Waals surface area contributed by atoms with E-state index in [9.17, 15) is 18.3 Å². The van der Waals surface area contributed by atoms with Gasteiger partial charge in [-0.25, -0.2) is 0 Å². The minimum absolute atomic E-state index is 0.00207. The lowest BCUT2D eigenvalue weighted by Crippen LogP contribution is -2.38. The van der Waals surface area contributed by atoms with E-state index in [1.807, 2.05) is 7.05 Å². The maximum Gasteiger partial charge on any atom is 0.416 e. The Balaban J connectivity index is 2.25. The van der Waals surface area contributed by atoms with Crippen LogP contribution in [-0.2, 0) is 6.18 Å². The number of alkyl halides is 3. The maximum absolute atomic E-state index is 12.7. The first-order chi connectivity index (χ1) is 8.91. The molecule has 0 aliphatic carbocycles. The van der Waals surface area contributed by atoms with Crippen molar-refractivity contribution >= 4 is 0 Å². The largest absolute Gasteiger partial charge is 0.416 e. The molecule has 0 amide bonds. The monoisotopic (exact) mass is 273 g/mol. The number of nitrogens with zero attached hydrogens (tertiary/aromatic N) is 1. The smallest absolute Gasteiger partial charge is 0.396 e. The predicted molar refractivity (Wildman–Crippen MR) is 66.9 cm³/mol. The lowest BCUT2D eigenvalue weighted by molar-refractivity contribution is -0.137. The van der Waals surface area contributed by atoms with Gasteiger partial charge in [-0.3, -0.25) is 0 Å². The SMILES string of the molecule is CN1CCC(c2cccc(C(F)(F)F)c2)C(CO)C1. The molecular weight excluding hydrogens is 255 g/mol. The summed E-state index contributed by atoms with van der Waals surface area (Å²) in [6, 6.07) is 5.49. The standard InChI is InChI=1S/C14H18F3NO/c1-18-6-5-13(11(8-18)9-19)10-3-2-4-12(7-10)14(15,16)17/h2-4,7,11,13,19H,5-6,8-9H2,1H3. The third-order valence-corrected chi connectivity index (χ3v) is 3.81. The molecule has 5 heteroatoms. The first-order valence-corrected chi connectivity index (χ1v) is 6.38. The fourth-order valence-corrected chi connectivity index (χ4v) is 2.78. The van der Waals surface area contributed by atoms with E-state index in [2.05, 4.69) is 4.90 Å². The molecule has 106 valence electrons. The Kier molecular flexibility index (Phi) is 4.16. The number of aliphatic hydroxyl groups excluding tert-OH is 1. The summed E-state index contributed by atoms with van der Waals surface area (Å²) < 4.78 is 38.2. The van der Waals surface area contributed by atoms with Crippen LogP contribution >= 0.6 is 0 Å². The van der Waals surface area contributed by atoms with Gasteiger partial charge in [-0.05, 0) is 37.6 Å². The zero-order valence-corrected chi connectivity index (χ0v) is 10.8. The number of halogens is 3. The highest BCUT2D eigenvalue weighted by Crippen LogP contribution is 2.36. The summed E-state index contributed by atoms with van der Waals surface area (Å²) >= 11 is 0. The van der Waals surface area contributed by atoms with Crippen LogP contribution in [0.4, 0.5) is 13.2 Å². The van der Waals surface area contributed by atoms with Crippen LogP contribution < -0.4 is 0 Å². The highest BCUT2D eigenvalue weighted by molar-refractivity contribution is 5.29. The Labute approximate surface area is 110 Å². The molecule has 0 spiro atoms. The highest BCUT2D eigenvalue weighted by atomic mass is 19.4. The Morgan fingerprint density at radius 3 is 2.74 bits per heavy atom. The van der Waals surface area contributed by atoms with Crippen LogP contribution in [0.2, 0.25) is 0 Å². The molecule has 1 fully saturated rings. The number of rotatable bonds is 2. The van der Waals surface area contributed by atoms with Crippen LogP contribution in [0.5, 0.6) is 0 Å². The van der Waals surface area contributed by atoms with Gasteiger partial charge in [0.05, 0.1) is 5.56 Å². The van der Waals surface area contributed by atoms with Crippen molar-refractivity contribution in [1.82, 2.24) is 4.90 Å². The Hall–Kier alpha value is -1.07. The van der Waals surface area contributed by atoms with Crippen molar-refractivity contribution < 1.29 is 18.3 Å². The Bertz CT molecular complexity index is 433. The molecule has 0 radical (unpaired) electrons. The van der Waals surface area contributed by atoms with E-state index >= 15 is 0 Å². The first kappa shape index (κ1) is 14.3. The van der Waals surface area contributed by atoms with Gasteiger partial charge in [0, 0.05) is 19.1 Å². The zero-order chi connectivity index (χ0) is 14.0. The van der Waals surface area contributed by atoms with Crippen LogP contribution in [0, 0.1) is 5.92 Å². The average Bonchev–Trinajstić information content (AvgIpc) is 2.37. The van der Waals surface area contributed by atoms with Crippen molar-refractivity contribution in [1.29, 1.82) is 0 Å². The quantitative estimate of drug-likeness (QED) is 0.895. The van der Waals surface area contributed by atoms with Gasteiger partial charge in [0.15, 0.2) is 0 Å². The summed E-state index contributed by atoms with van der Waals surface area (Å²) in [5, 5.41) is 9.42. The fourth-order valence-electron chi connectivity index (χ4n) is 2.78. The van der Waals surface area contributed by atoms with Crippen LogP contribution in [0.15, 0.2) is 24.3 Å². The predicted octanol–water partition coefficient (Wildman–Crippen LogP) is 2.73. The van der Waals surface area contributed by atoms with E-state index in [1.54, 1.807) is 6.07 Å². The first-order valence-electron chi connectivity index (χ1n) is 6.38. The van der Waals surface area contributed by atoms with Crippen LogP contribution in [0.3, 0.4) is 0 Å². The fraction of sp³-hybridized carbons (Fsp3) is 0.571. The molecular formula is C14H18F3NO. The molecule has 0 aromatic heterocycles. The van der Waals surface area contributed by atoms with Gasteiger partial charge in [0.2, 0.25) is 0 Å². The number of likely N-dealkylation sites (tertiary alicyclic amines) is 1. The second-order valence-corrected chi connectivity index (χ2v) is 5.22. The molecule has 1 aliphatic rings. The molecule has 2 nitrogen and oxygen atoms in total. The number of hydrogen-bond acceptors (Lipinski definition) is 2. The third kappa shape index (κ3) is 3.28. The van der Waals surface area contributed by atoms with Crippen molar-refractivity contribution in [3.63, 3.8) is 0 Å². The maximum atomic E-state index is 12.7. The normalized spacial score (nSPS) is 25.5. The van der Waals surface area contributed by atoms with E-state index < -0.39 is 11.7 Å². The van der Waals surface area contributed by atoms with Crippen molar-refractivity contribution in [3.05, 3.63) is 35.4 Å². The topological polar surface area (TPSA) is 23.5 Å². The minimum Gasteiger partial charge on any atom is -0.396 e. The molecule has 2 rings (SSSR count). The molecule has 1 saturated heterocycles. The molecule has 1 heterocycles. The summed E-state index contributed by atoms with van der Waals surface area (Å²) in [6.07, 6.45) is -3.53. The summed E-state index contributed by atoms with van der Waals surface area (Å²) in [4.78, 5) is 2.10. The number of hydrogen-bond donors (Lipinski definition) is 1. The summed E-state index contributed by atoms with van der Waals surface area (Å²) in [5.41, 5.74) is 0.0718. The highest BCUT2D eigenvalue weighted by Gasteiger charge is 2.33. The molecule has 1 aromatic carbocycles. The van der Waals surface area contributed by atoms with Crippen molar-refractivity contribution in [2.45, 2.75) is 18.5 Å². The van der Waals surface area contributed by atoms with E-state index in [0.717, 1.165) is 25.6 Å². The van der Waals surface area contributed by atoms with Crippen molar-refractivity contribution in [2.24, 2.45) is 5.92 Å². The number of piperidine rings is 1. The lowest BCUT2D eigenvalue weighted by atomic mass is 9.80. The van der Waals surface area contributed by atoms with Crippen molar-refractivity contribution in [3.8, 4) is 0 Å². The van der Waals surface area contributed by atoms with Gasteiger partial charge < -0.3 is 10.0 Å². The summed E-state index contributed by atoms with van der Waals surface area (Å²) in [7, 11) is 1.96. The number of benzene rings is 1. The molecule has 19 heavy (non-hydrogen) atoms. The molecule has 1 aliphatic heterocycles.